The van der Waals surface area contributed by atoms with E-state index in [0.717, 1.165) is 6.42 Å². The van der Waals surface area contributed by atoms with Crippen LogP contribution in [0.25, 0.3) is 0 Å². The zero-order valence-electron chi connectivity index (χ0n) is 7.90. The zero-order chi connectivity index (χ0) is 10.5. The lowest BCUT2D eigenvalue weighted by molar-refractivity contribution is -0.128. The molecule has 0 aromatic rings. The van der Waals surface area contributed by atoms with E-state index in [1.165, 1.54) is 0 Å². The molecule has 0 aliphatic heterocycles. The Morgan fingerprint density at radius 2 is 1.27 bits per heavy atom. The van der Waals surface area contributed by atoms with Gasteiger partial charge < -0.3 is 0 Å². The lowest BCUT2D eigenvalue weighted by Gasteiger charge is -2.25. The first-order valence-corrected chi connectivity index (χ1v) is 7.31. The predicted molar refractivity (Wildman–Crippen MR) is 61.0 cm³/mol. The Balaban J connectivity index is 1.93. The molecule has 4 fully saturated rings. The van der Waals surface area contributed by atoms with Crippen LogP contribution in [0.4, 0.5) is 0 Å². The fourth-order valence-electron chi connectivity index (χ4n) is 4.85. The van der Waals surface area contributed by atoms with Gasteiger partial charge in [-0.2, -0.15) is 0 Å². The highest BCUT2D eigenvalue weighted by atomic mass is 79.9. The molecule has 15 heavy (non-hydrogen) atoms. The third-order valence-electron chi connectivity index (χ3n) is 5.16. The molecule has 0 spiro atoms. The number of alkyl halides is 2. The Bertz CT molecular complexity index is 358. The number of halogens is 2. The Kier molecular flexibility index (Phi) is 1.61. The molecule has 0 aromatic carbocycles. The lowest BCUT2D eigenvalue weighted by atomic mass is 9.79. The minimum absolute atomic E-state index is 0.0284. The molecule has 4 heteroatoms. The quantitative estimate of drug-likeness (QED) is 0.633. The van der Waals surface area contributed by atoms with E-state index >= 15 is 0 Å². The minimum Gasteiger partial charge on any atom is -0.298 e. The molecule has 4 rings (SSSR count). The second-order valence-corrected chi connectivity index (χ2v) is 7.35. The van der Waals surface area contributed by atoms with E-state index in [1.54, 1.807) is 0 Å². The Labute approximate surface area is 104 Å². The third kappa shape index (κ3) is 0.791. The maximum Gasteiger partial charge on any atom is 0.150 e. The molecule has 0 radical (unpaired) electrons. The molecule has 4 saturated carbocycles. The zero-order valence-corrected chi connectivity index (χ0v) is 11.1. The second-order valence-electron chi connectivity index (χ2n) is 5.38. The van der Waals surface area contributed by atoms with Gasteiger partial charge >= 0.3 is 0 Å². The first-order valence-electron chi connectivity index (χ1n) is 5.48. The highest BCUT2D eigenvalue weighted by Gasteiger charge is 2.74. The molecule has 2 bridgehead atoms. The molecule has 2 nitrogen and oxygen atoms in total. The van der Waals surface area contributed by atoms with Crippen molar-refractivity contribution in [2.75, 3.05) is 0 Å². The number of rotatable bonds is 0. The summed E-state index contributed by atoms with van der Waals surface area (Å²) in [7, 11) is 0. The summed E-state index contributed by atoms with van der Waals surface area (Å²) in [4.78, 5) is 24.2. The van der Waals surface area contributed by atoms with E-state index in [9.17, 15) is 9.59 Å². The van der Waals surface area contributed by atoms with Crippen molar-refractivity contribution in [1.82, 2.24) is 0 Å². The maximum absolute atomic E-state index is 12.1. The minimum atomic E-state index is 0.0284. The molecule has 0 amide bonds. The van der Waals surface area contributed by atoms with E-state index in [1.807, 2.05) is 0 Å². The van der Waals surface area contributed by atoms with Crippen LogP contribution in [0.5, 0.6) is 0 Å². The van der Waals surface area contributed by atoms with Crippen LogP contribution in [0, 0.1) is 35.5 Å². The summed E-state index contributed by atoms with van der Waals surface area (Å²) in [6.45, 7) is 0. The summed E-state index contributed by atoms with van der Waals surface area (Å²) >= 11 is 7.09. The molecule has 80 valence electrons. The molecule has 8 atom stereocenters. The number of Topliss-reactive ketones (excluding diaryl/α,β-unsaturated/α-hetero) is 2. The summed E-state index contributed by atoms with van der Waals surface area (Å²) in [6, 6.07) is 0. The van der Waals surface area contributed by atoms with Gasteiger partial charge in [-0.05, 0) is 30.1 Å². The van der Waals surface area contributed by atoms with E-state index in [-0.39, 0.29) is 21.5 Å². The average Bonchev–Trinajstić information content (AvgIpc) is 2.85. The SMILES string of the molecule is O=C1C2C3CC4C2C(=O)[C@@H](Br)C4C3[C@@H]1Br. The number of carbonyl (C=O) groups is 2. The van der Waals surface area contributed by atoms with Crippen molar-refractivity contribution in [3.05, 3.63) is 0 Å². The average molecular weight is 334 g/mol. The monoisotopic (exact) mass is 332 g/mol. The van der Waals surface area contributed by atoms with Gasteiger partial charge in [0.25, 0.3) is 0 Å². The number of ketones is 2. The smallest absolute Gasteiger partial charge is 0.150 e. The first kappa shape index (κ1) is 9.34. The van der Waals surface area contributed by atoms with Crippen LogP contribution in [0.1, 0.15) is 6.42 Å². The predicted octanol–water partition coefficient (Wildman–Crippen LogP) is 1.79. The van der Waals surface area contributed by atoms with Crippen LogP contribution >= 0.6 is 31.9 Å². The van der Waals surface area contributed by atoms with E-state index in [2.05, 4.69) is 31.9 Å². The topological polar surface area (TPSA) is 34.1 Å². The number of fused-ring (bicyclic) bond motifs is 2. The molecule has 0 heterocycles. The van der Waals surface area contributed by atoms with Gasteiger partial charge in [-0.15, -0.1) is 0 Å². The van der Waals surface area contributed by atoms with Crippen LogP contribution in [-0.4, -0.2) is 21.2 Å². The standard InChI is InChI=1S/C11H10Br2O2/c12-8-4-2-1-3-5(4)9(13)11(15)7(3)6(2)10(8)14/h2-9H,1H2/t2?,3?,4?,5?,6?,7?,8-,9-/m0/s1. The largest absolute Gasteiger partial charge is 0.298 e. The Morgan fingerprint density at radius 1 is 0.867 bits per heavy atom. The van der Waals surface area contributed by atoms with Crippen molar-refractivity contribution in [1.29, 1.82) is 0 Å². The van der Waals surface area contributed by atoms with E-state index in [4.69, 9.17) is 0 Å². The normalized spacial score (nSPS) is 64.7. The molecule has 4 aliphatic rings. The van der Waals surface area contributed by atoms with E-state index in [0.29, 0.717) is 35.2 Å². The fourth-order valence-corrected chi connectivity index (χ4v) is 6.95. The maximum atomic E-state index is 12.1. The van der Waals surface area contributed by atoms with Gasteiger partial charge in [0.1, 0.15) is 0 Å². The van der Waals surface area contributed by atoms with Gasteiger partial charge in [0.15, 0.2) is 11.6 Å². The van der Waals surface area contributed by atoms with Gasteiger partial charge in [0.2, 0.25) is 0 Å². The van der Waals surface area contributed by atoms with Crippen molar-refractivity contribution in [2.45, 2.75) is 16.1 Å². The van der Waals surface area contributed by atoms with Crippen LogP contribution in [0.3, 0.4) is 0 Å². The van der Waals surface area contributed by atoms with Crippen LogP contribution in [-0.2, 0) is 9.59 Å². The first-order chi connectivity index (χ1) is 7.13. The van der Waals surface area contributed by atoms with Crippen molar-refractivity contribution in [3.8, 4) is 0 Å². The van der Waals surface area contributed by atoms with Crippen molar-refractivity contribution in [2.24, 2.45) is 35.5 Å². The second kappa shape index (κ2) is 2.58. The molecular weight excluding hydrogens is 324 g/mol. The fraction of sp³-hybridized carbons (Fsp3) is 0.818. The molecule has 0 N–H and O–H groups in total. The number of carbonyl (C=O) groups excluding carboxylic acids is 2. The van der Waals surface area contributed by atoms with E-state index < -0.39 is 0 Å². The summed E-state index contributed by atoms with van der Waals surface area (Å²) in [6.07, 6.45) is 1.12. The number of hydrogen-bond donors (Lipinski definition) is 0. The van der Waals surface area contributed by atoms with Gasteiger partial charge in [-0.1, -0.05) is 31.9 Å². The van der Waals surface area contributed by atoms with Gasteiger partial charge in [0.05, 0.1) is 9.65 Å². The van der Waals surface area contributed by atoms with Crippen LogP contribution < -0.4 is 0 Å². The van der Waals surface area contributed by atoms with Gasteiger partial charge in [-0.3, -0.25) is 9.59 Å². The summed E-state index contributed by atoms with van der Waals surface area (Å²) in [5, 5.41) is 0. The summed E-state index contributed by atoms with van der Waals surface area (Å²) in [5.41, 5.74) is 0. The third-order valence-corrected chi connectivity index (χ3v) is 7.29. The van der Waals surface area contributed by atoms with Crippen molar-refractivity contribution in [3.63, 3.8) is 0 Å². The molecule has 0 aromatic heterocycles. The van der Waals surface area contributed by atoms with Gasteiger partial charge in [-0.25, -0.2) is 0 Å². The van der Waals surface area contributed by atoms with Crippen molar-refractivity contribution >= 4 is 43.4 Å². The lowest BCUT2D eigenvalue weighted by Crippen LogP contribution is -2.29. The molecule has 4 aliphatic carbocycles. The van der Waals surface area contributed by atoms with Gasteiger partial charge in [0, 0.05) is 11.8 Å². The van der Waals surface area contributed by atoms with Crippen molar-refractivity contribution < 1.29 is 9.59 Å². The highest BCUT2D eigenvalue weighted by molar-refractivity contribution is 9.10. The molecule has 0 saturated heterocycles. The Morgan fingerprint density at radius 3 is 1.67 bits per heavy atom. The Hall–Kier alpha value is 0.300. The van der Waals surface area contributed by atoms with Crippen LogP contribution in [0.2, 0.25) is 0 Å². The van der Waals surface area contributed by atoms with Crippen LogP contribution in [0.15, 0.2) is 0 Å². The highest BCUT2D eigenvalue weighted by Crippen LogP contribution is 2.70. The summed E-state index contributed by atoms with van der Waals surface area (Å²) < 4.78 is 0. The summed E-state index contributed by atoms with van der Waals surface area (Å²) in [5.74, 6) is 2.63. The number of hydrogen-bond acceptors (Lipinski definition) is 2. The molecule has 6 unspecified atom stereocenters. The molecular formula is C11H10Br2O2.